The van der Waals surface area contributed by atoms with E-state index in [1.165, 1.54) is 0 Å². The molecular formula is C18H6Cl6N2. The topological polar surface area (TPSA) is 36.7 Å². The Balaban J connectivity index is 2.18. The van der Waals surface area contributed by atoms with Gasteiger partial charge in [-0.1, -0.05) is 75.7 Å². The summed E-state index contributed by atoms with van der Waals surface area (Å²) in [6.07, 6.45) is 0. The molecule has 0 aliphatic carbocycles. The molecule has 130 valence electrons. The van der Waals surface area contributed by atoms with Gasteiger partial charge < -0.3 is 0 Å². The normalized spacial score (nSPS) is 10.7. The molecule has 2 aromatic carbocycles. The SMILES string of the molecule is N#Cc1nc(-c2ccc(Cl)c(Cl)c2Cl)ccc1-c1ccc(Cl)c(Cl)c1Cl. The Kier molecular flexibility index (Phi) is 5.89. The Morgan fingerprint density at radius 1 is 0.615 bits per heavy atom. The van der Waals surface area contributed by atoms with Crippen LogP contribution in [0.4, 0.5) is 0 Å². The van der Waals surface area contributed by atoms with Gasteiger partial charge in [0.25, 0.3) is 0 Å². The van der Waals surface area contributed by atoms with E-state index >= 15 is 0 Å². The van der Waals surface area contributed by atoms with Crippen molar-refractivity contribution in [2.45, 2.75) is 0 Å². The Morgan fingerprint density at radius 2 is 1.12 bits per heavy atom. The van der Waals surface area contributed by atoms with E-state index in [0.29, 0.717) is 32.4 Å². The van der Waals surface area contributed by atoms with E-state index in [0.717, 1.165) is 0 Å². The van der Waals surface area contributed by atoms with Gasteiger partial charge in [-0.25, -0.2) is 4.98 Å². The first-order valence-corrected chi connectivity index (χ1v) is 9.30. The van der Waals surface area contributed by atoms with E-state index in [-0.39, 0.29) is 25.8 Å². The first-order valence-electron chi connectivity index (χ1n) is 7.04. The van der Waals surface area contributed by atoms with E-state index in [1.807, 2.05) is 0 Å². The van der Waals surface area contributed by atoms with Crippen molar-refractivity contribution in [3.8, 4) is 28.5 Å². The predicted octanol–water partition coefficient (Wildman–Crippen LogP) is 8.21. The van der Waals surface area contributed by atoms with Gasteiger partial charge in [0.1, 0.15) is 11.8 Å². The predicted molar refractivity (Wildman–Crippen MR) is 110 cm³/mol. The number of hydrogen-bond acceptors (Lipinski definition) is 2. The second-order valence-electron chi connectivity index (χ2n) is 5.15. The summed E-state index contributed by atoms with van der Waals surface area (Å²) in [4.78, 5) is 4.38. The monoisotopic (exact) mass is 460 g/mol. The maximum atomic E-state index is 9.54. The molecule has 0 unspecified atom stereocenters. The number of aromatic nitrogens is 1. The van der Waals surface area contributed by atoms with E-state index in [2.05, 4.69) is 11.1 Å². The molecule has 0 fully saturated rings. The van der Waals surface area contributed by atoms with Crippen LogP contribution in [0.15, 0.2) is 36.4 Å². The molecule has 0 aliphatic rings. The van der Waals surface area contributed by atoms with Crippen LogP contribution in [0.2, 0.25) is 30.1 Å². The Hall–Kier alpha value is -1.18. The van der Waals surface area contributed by atoms with Crippen LogP contribution < -0.4 is 0 Å². The summed E-state index contributed by atoms with van der Waals surface area (Å²) in [7, 11) is 0. The Bertz CT molecular complexity index is 1070. The molecular weight excluding hydrogens is 457 g/mol. The van der Waals surface area contributed by atoms with E-state index in [1.54, 1.807) is 36.4 Å². The van der Waals surface area contributed by atoms with Crippen LogP contribution in [0.25, 0.3) is 22.4 Å². The number of nitriles is 1. The highest BCUT2D eigenvalue weighted by Crippen LogP contribution is 2.41. The van der Waals surface area contributed by atoms with Gasteiger partial charge >= 0.3 is 0 Å². The molecule has 2 nitrogen and oxygen atoms in total. The molecule has 3 rings (SSSR count). The smallest absolute Gasteiger partial charge is 0.149 e. The van der Waals surface area contributed by atoms with E-state index < -0.39 is 0 Å². The van der Waals surface area contributed by atoms with Crippen molar-refractivity contribution in [2.75, 3.05) is 0 Å². The van der Waals surface area contributed by atoms with Crippen molar-refractivity contribution >= 4 is 69.6 Å². The molecule has 0 N–H and O–H groups in total. The van der Waals surface area contributed by atoms with Crippen molar-refractivity contribution in [3.05, 3.63) is 72.2 Å². The maximum absolute atomic E-state index is 9.54. The van der Waals surface area contributed by atoms with Gasteiger partial charge in [-0.15, -0.1) is 0 Å². The molecule has 0 saturated carbocycles. The van der Waals surface area contributed by atoms with Gasteiger partial charge in [-0.05, 0) is 30.3 Å². The molecule has 0 radical (unpaired) electrons. The summed E-state index contributed by atoms with van der Waals surface area (Å²) >= 11 is 36.6. The molecule has 1 heterocycles. The Morgan fingerprint density at radius 3 is 1.69 bits per heavy atom. The van der Waals surface area contributed by atoms with Gasteiger partial charge in [-0.2, -0.15) is 5.26 Å². The maximum Gasteiger partial charge on any atom is 0.149 e. The largest absolute Gasteiger partial charge is 0.236 e. The van der Waals surface area contributed by atoms with Gasteiger partial charge in [0.05, 0.1) is 35.8 Å². The van der Waals surface area contributed by atoms with Crippen molar-refractivity contribution in [1.82, 2.24) is 4.98 Å². The molecule has 0 atom stereocenters. The minimum atomic E-state index is 0.157. The van der Waals surface area contributed by atoms with Crippen LogP contribution in [0.3, 0.4) is 0 Å². The molecule has 26 heavy (non-hydrogen) atoms. The molecule has 3 aromatic rings. The van der Waals surface area contributed by atoms with Crippen LogP contribution in [0.5, 0.6) is 0 Å². The minimum absolute atomic E-state index is 0.157. The number of hydrogen-bond donors (Lipinski definition) is 0. The second kappa shape index (κ2) is 7.82. The fraction of sp³-hybridized carbons (Fsp3) is 0. The molecule has 0 saturated heterocycles. The lowest BCUT2D eigenvalue weighted by Crippen LogP contribution is -1.94. The minimum Gasteiger partial charge on any atom is -0.236 e. The third-order valence-electron chi connectivity index (χ3n) is 3.64. The summed E-state index contributed by atoms with van der Waals surface area (Å²) in [5, 5.41) is 11.1. The van der Waals surface area contributed by atoms with Crippen molar-refractivity contribution in [1.29, 1.82) is 5.26 Å². The highest BCUT2D eigenvalue weighted by Gasteiger charge is 2.17. The number of nitrogens with zero attached hydrogens (tertiary/aromatic N) is 2. The van der Waals surface area contributed by atoms with Gasteiger partial charge in [0.15, 0.2) is 0 Å². The molecule has 0 aliphatic heterocycles. The third-order valence-corrected chi connectivity index (χ3v) is 6.22. The molecule has 0 spiro atoms. The summed E-state index contributed by atoms with van der Waals surface area (Å²) in [6.45, 7) is 0. The average molecular weight is 463 g/mol. The highest BCUT2D eigenvalue weighted by atomic mass is 35.5. The lowest BCUT2D eigenvalue weighted by Gasteiger charge is -2.11. The molecule has 8 heteroatoms. The van der Waals surface area contributed by atoms with Gasteiger partial charge in [0, 0.05) is 16.7 Å². The quantitative estimate of drug-likeness (QED) is 0.360. The number of rotatable bonds is 2. The lowest BCUT2D eigenvalue weighted by molar-refractivity contribution is 1.27. The van der Waals surface area contributed by atoms with Crippen molar-refractivity contribution in [3.63, 3.8) is 0 Å². The zero-order chi connectivity index (χ0) is 19.0. The average Bonchev–Trinajstić information content (AvgIpc) is 2.64. The van der Waals surface area contributed by atoms with Crippen LogP contribution in [-0.4, -0.2) is 4.98 Å². The zero-order valence-electron chi connectivity index (χ0n) is 12.6. The zero-order valence-corrected chi connectivity index (χ0v) is 17.2. The second-order valence-corrected chi connectivity index (χ2v) is 7.48. The summed E-state index contributed by atoms with van der Waals surface area (Å²) in [5.74, 6) is 0. The van der Waals surface area contributed by atoms with Crippen molar-refractivity contribution < 1.29 is 0 Å². The first-order chi connectivity index (χ1) is 12.3. The number of benzene rings is 2. The van der Waals surface area contributed by atoms with Crippen LogP contribution >= 0.6 is 69.6 Å². The molecule has 0 amide bonds. The first kappa shape index (κ1) is 19.6. The Labute approximate surface area is 179 Å². The van der Waals surface area contributed by atoms with Gasteiger partial charge in [-0.3, -0.25) is 0 Å². The molecule has 0 bridgehead atoms. The molecule has 1 aromatic heterocycles. The summed E-state index contributed by atoms with van der Waals surface area (Å²) in [5.41, 5.74) is 2.27. The number of halogens is 6. The third kappa shape index (κ3) is 3.49. The van der Waals surface area contributed by atoms with Crippen LogP contribution in [0, 0.1) is 11.3 Å². The summed E-state index contributed by atoms with van der Waals surface area (Å²) < 4.78 is 0. The summed E-state index contributed by atoms with van der Waals surface area (Å²) in [6, 6.07) is 12.1. The van der Waals surface area contributed by atoms with E-state index in [9.17, 15) is 5.26 Å². The standard InChI is InChI=1S/C18H6Cl6N2/c19-11-4-1-9(15(21)17(11)23)8-3-6-13(26-14(8)7-25)10-2-5-12(20)18(24)16(10)22/h1-6H. The number of pyridine rings is 1. The van der Waals surface area contributed by atoms with Crippen molar-refractivity contribution in [2.24, 2.45) is 0 Å². The van der Waals surface area contributed by atoms with Gasteiger partial charge in [0.2, 0.25) is 0 Å². The fourth-order valence-corrected chi connectivity index (χ4v) is 3.64. The lowest BCUT2D eigenvalue weighted by atomic mass is 10.0. The van der Waals surface area contributed by atoms with Crippen LogP contribution in [0.1, 0.15) is 5.69 Å². The fourth-order valence-electron chi connectivity index (χ4n) is 2.37. The van der Waals surface area contributed by atoms with Crippen LogP contribution in [-0.2, 0) is 0 Å². The van der Waals surface area contributed by atoms with E-state index in [4.69, 9.17) is 69.6 Å². The highest BCUT2D eigenvalue weighted by molar-refractivity contribution is 6.49.